The molecule has 0 saturated carbocycles. The van der Waals surface area contributed by atoms with Crippen molar-refractivity contribution < 1.29 is 4.79 Å². The first-order chi connectivity index (χ1) is 14.2. The zero-order valence-electron chi connectivity index (χ0n) is 16.0. The molecule has 1 aliphatic heterocycles. The molecule has 3 nitrogen and oxygen atoms in total. The van der Waals surface area contributed by atoms with E-state index in [0.29, 0.717) is 5.56 Å². The van der Waals surface area contributed by atoms with Crippen LogP contribution in [0.3, 0.4) is 0 Å². The first-order valence-electron chi connectivity index (χ1n) is 9.62. The SMILES string of the molecule is Cc1ccc(C2Nc3ccccc3C(=O)N2c2ccc(-c3ccccc3)cc2)s1. The predicted octanol–water partition coefficient (Wildman–Crippen LogP) is 6.49. The molecule has 1 aliphatic rings. The third-order valence-corrected chi connectivity index (χ3v) is 6.26. The number of nitrogens with zero attached hydrogens (tertiary/aromatic N) is 1. The number of amides is 1. The van der Waals surface area contributed by atoms with Gasteiger partial charge < -0.3 is 5.32 Å². The number of benzene rings is 3. The molecule has 0 saturated heterocycles. The van der Waals surface area contributed by atoms with E-state index < -0.39 is 0 Å². The van der Waals surface area contributed by atoms with Gasteiger partial charge >= 0.3 is 0 Å². The molecule has 142 valence electrons. The van der Waals surface area contributed by atoms with Gasteiger partial charge in [-0.1, -0.05) is 54.6 Å². The van der Waals surface area contributed by atoms with E-state index >= 15 is 0 Å². The van der Waals surface area contributed by atoms with Crippen LogP contribution in [0.5, 0.6) is 0 Å². The molecule has 4 heteroatoms. The van der Waals surface area contributed by atoms with Gasteiger partial charge in [-0.15, -0.1) is 11.3 Å². The molecule has 0 spiro atoms. The Labute approximate surface area is 174 Å². The van der Waals surface area contributed by atoms with Gasteiger partial charge in [0.2, 0.25) is 0 Å². The van der Waals surface area contributed by atoms with Crippen LogP contribution in [-0.4, -0.2) is 5.91 Å². The van der Waals surface area contributed by atoms with E-state index in [1.54, 1.807) is 11.3 Å². The van der Waals surface area contributed by atoms with Crippen LogP contribution in [0, 0.1) is 6.92 Å². The molecule has 1 aromatic heterocycles. The number of hydrogen-bond donors (Lipinski definition) is 1. The summed E-state index contributed by atoms with van der Waals surface area (Å²) in [7, 11) is 0. The van der Waals surface area contributed by atoms with Gasteiger partial charge in [0.15, 0.2) is 0 Å². The topological polar surface area (TPSA) is 32.3 Å². The number of para-hydroxylation sites is 1. The Kier molecular flexibility index (Phi) is 4.41. The summed E-state index contributed by atoms with van der Waals surface area (Å²) in [6.07, 6.45) is -0.223. The molecule has 4 aromatic rings. The van der Waals surface area contributed by atoms with Gasteiger partial charge in [0.05, 0.1) is 5.56 Å². The van der Waals surface area contributed by atoms with Crippen LogP contribution in [0.25, 0.3) is 11.1 Å². The highest BCUT2D eigenvalue weighted by Crippen LogP contribution is 2.39. The third kappa shape index (κ3) is 3.22. The van der Waals surface area contributed by atoms with Gasteiger partial charge in [0, 0.05) is 21.1 Å². The number of thiophene rings is 1. The normalized spacial score (nSPS) is 15.7. The van der Waals surface area contributed by atoms with Crippen molar-refractivity contribution in [3.05, 3.63) is 106 Å². The molecule has 2 heterocycles. The smallest absolute Gasteiger partial charge is 0.262 e. The molecule has 1 N–H and O–H groups in total. The van der Waals surface area contributed by atoms with Gasteiger partial charge in [-0.2, -0.15) is 0 Å². The molecule has 0 aliphatic carbocycles. The van der Waals surface area contributed by atoms with Gasteiger partial charge in [0.1, 0.15) is 6.17 Å². The Hall–Kier alpha value is -3.37. The van der Waals surface area contributed by atoms with E-state index in [4.69, 9.17) is 0 Å². The molecule has 3 aromatic carbocycles. The van der Waals surface area contributed by atoms with Crippen LogP contribution in [0.2, 0.25) is 0 Å². The Balaban J connectivity index is 1.58. The Morgan fingerprint density at radius 1 is 0.793 bits per heavy atom. The molecule has 0 bridgehead atoms. The minimum atomic E-state index is -0.223. The maximum Gasteiger partial charge on any atom is 0.262 e. The zero-order valence-corrected chi connectivity index (χ0v) is 16.8. The highest BCUT2D eigenvalue weighted by molar-refractivity contribution is 7.12. The van der Waals surface area contributed by atoms with E-state index in [-0.39, 0.29) is 12.1 Å². The molecule has 1 unspecified atom stereocenters. The highest BCUT2D eigenvalue weighted by atomic mass is 32.1. The van der Waals surface area contributed by atoms with Crippen LogP contribution in [0.15, 0.2) is 91.0 Å². The van der Waals surface area contributed by atoms with E-state index in [2.05, 4.69) is 48.6 Å². The van der Waals surface area contributed by atoms with Crippen LogP contribution >= 0.6 is 11.3 Å². The second-order valence-electron chi connectivity index (χ2n) is 7.13. The lowest BCUT2D eigenvalue weighted by molar-refractivity contribution is 0.0975. The highest BCUT2D eigenvalue weighted by Gasteiger charge is 2.34. The lowest BCUT2D eigenvalue weighted by Crippen LogP contribution is -2.42. The largest absolute Gasteiger partial charge is 0.360 e. The Morgan fingerprint density at radius 3 is 2.21 bits per heavy atom. The van der Waals surface area contributed by atoms with E-state index in [1.807, 2.05) is 59.5 Å². The van der Waals surface area contributed by atoms with Crippen molar-refractivity contribution in [1.29, 1.82) is 0 Å². The Morgan fingerprint density at radius 2 is 1.48 bits per heavy atom. The van der Waals surface area contributed by atoms with E-state index in [0.717, 1.165) is 27.4 Å². The molecule has 1 amide bonds. The van der Waals surface area contributed by atoms with E-state index in [9.17, 15) is 4.79 Å². The summed E-state index contributed by atoms with van der Waals surface area (Å²) >= 11 is 1.71. The summed E-state index contributed by atoms with van der Waals surface area (Å²) in [6.45, 7) is 2.09. The van der Waals surface area contributed by atoms with E-state index in [1.165, 1.54) is 4.88 Å². The second-order valence-corrected chi connectivity index (χ2v) is 8.45. The number of anilines is 2. The first-order valence-corrected chi connectivity index (χ1v) is 10.4. The fourth-order valence-electron chi connectivity index (χ4n) is 3.76. The van der Waals surface area contributed by atoms with Gasteiger partial charge in [-0.3, -0.25) is 9.69 Å². The van der Waals surface area contributed by atoms with Crippen LogP contribution in [0.1, 0.15) is 26.3 Å². The molecule has 5 rings (SSSR count). The number of rotatable bonds is 3. The van der Waals surface area contributed by atoms with Crippen molar-refractivity contribution in [3.8, 4) is 11.1 Å². The minimum Gasteiger partial charge on any atom is -0.360 e. The van der Waals surface area contributed by atoms with Gasteiger partial charge in [-0.25, -0.2) is 0 Å². The lowest BCUT2D eigenvalue weighted by atomic mass is 10.0. The lowest BCUT2D eigenvalue weighted by Gasteiger charge is -2.37. The number of fused-ring (bicyclic) bond motifs is 1. The molecule has 0 radical (unpaired) electrons. The maximum atomic E-state index is 13.5. The van der Waals surface area contributed by atoms with Crippen molar-refractivity contribution in [2.45, 2.75) is 13.1 Å². The second kappa shape index (κ2) is 7.22. The number of carbonyl (C=O) groups excluding carboxylic acids is 1. The van der Waals surface area contributed by atoms with Gasteiger partial charge in [0.25, 0.3) is 5.91 Å². The quantitative estimate of drug-likeness (QED) is 0.429. The standard InChI is InChI=1S/C25H20N2OS/c1-17-11-16-23(29-17)24-26-22-10-6-5-9-21(22)25(28)27(24)20-14-12-19(13-15-20)18-7-3-2-4-8-18/h2-16,24,26H,1H3. The summed E-state index contributed by atoms with van der Waals surface area (Å²) in [6, 6.07) is 30.4. The summed E-state index contributed by atoms with van der Waals surface area (Å²) in [5.41, 5.74) is 4.76. The van der Waals surface area contributed by atoms with Crippen LogP contribution in [0.4, 0.5) is 11.4 Å². The Bertz CT molecular complexity index is 1160. The number of aryl methyl sites for hydroxylation is 1. The summed E-state index contributed by atoms with van der Waals surface area (Å²) < 4.78 is 0. The summed E-state index contributed by atoms with van der Waals surface area (Å²) in [5, 5.41) is 3.57. The fourth-order valence-corrected chi connectivity index (χ4v) is 4.68. The van der Waals surface area contributed by atoms with Crippen LogP contribution in [-0.2, 0) is 0 Å². The van der Waals surface area contributed by atoms with Crippen molar-refractivity contribution >= 4 is 28.6 Å². The monoisotopic (exact) mass is 396 g/mol. The van der Waals surface area contributed by atoms with Crippen molar-refractivity contribution in [2.75, 3.05) is 10.2 Å². The number of hydrogen-bond acceptors (Lipinski definition) is 3. The molecule has 29 heavy (non-hydrogen) atoms. The average Bonchev–Trinajstić information content (AvgIpc) is 3.21. The maximum absolute atomic E-state index is 13.5. The number of carbonyl (C=O) groups is 1. The summed E-state index contributed by atoms with van der Waals surface area (Å²) in [5.74, 6) is 0.0165. The molecular formula is C25H20N2OS. The molecule has 1 atom stereocenters. The predicted molar refractivity (Wildman–Crippen MR) is 121 cm³/mol. The van der Waals surface area contributed by atoms with Gasteiger partial charge in [-0.05, 0) is 54.4 Å². The van der Waals surface area contributed by atoms with Crippen LogP contribution < -0.4 is 10.2 Å². The van der Waals surface area contributed by atoms with Crippen molar-refractivity contribution in [3.63, 3.8) is 0 Å². The third-order valence-electron chi connectivity index (χ3n) is 5.21. The number of nitrogens with one attached hydrogen (secondary N) is 1. The van der Waals surface area contributed by atoms with Crippen molar-refractivity contribution in [1.82, 2.24) is 0 Å². The minimum absolute atomic E-state index is 0.0165. The van der Waals surface area contributed by atoms with Crippen molar-refractivity contribution in [2.24, 2.45) is 0 Å². The first kappa shape index (κ1) is 17.7. The molecular weight excluding hydrogens is 376 g/mol. The zero-order chi connectivity index (χ0) is 19.8. The summed E-state index contributed by atoms with van der Waals surface area (Å²) in [4.78, 5) is 17.7. The average molecular weight is 397 g/mol. The molecule has 0 fully saturated rings. The fraction of sp³-hybridized carbons (Fsp3) is 0.0800.